The van der Waals surface area contributed by atoms with Crippen molar-refractivity contribution in [3.05, 3.63) is 34.3 Å². The van der Waals surface area contributed by atoms with Gasteiger partial charge < -0.3 is 15.5 Å². The van der Waals surface area contributed by atoms with Crippen LogP contribution in [0, 0.1) is 0 Å². The lowest BCUT2D eigenvalue weighted by atomic mass is 10.1. The summed E-state index contributed by atoms with van der Waals surface area (Å²) in [5.74, 6) is -0.849. The number of nitrogens with one attached hydrogen (secondary N) is 2. The number of alkyl halides is 3. The monoisotopic (exact) mass is 302 g/mol. The van der Waals surface area contributed by atoms with Gasteiger partial charge in [0.05, 0.1) is 5.56 Å². The molecule has 0 atom stereocenters. The predicted octanol–water partition coefficient (Wildman–Crippen LogP) is 1.81. The maximum Gasteiger partial charge on any atom is 0.434 e. The van der Waals surface area contributed by atoms with Crippen LogP contribution in [-0.4, -0.2) is 23.3 Å². The average molecular weight is 302 g/mol. The molecule has 4 N–H and O–H groups in total. The van der Waals surface area contributed by atoms with Gasteiger partial charge >= 0.3 is 11.9 Å². The van der Waals surface area contributed by atoms with Gasteiger partial charge in [-0.1, -0.05) is 0 Å². The highest BCUT2D eigenvalue weighted by Crippen LogP contribution is 2.36. The van der Waals surface area contributed by atoms with Crippen LogP contribution in [0.1, 0.15) is 12.0 Å². The molecule has 114 valence electrons. The summed E-state index contributed by atoms with van der Waals surface area (Å²) in [6.07, 6.45) is -3.96. The largest absolute Gasteiger partial charge is 0.434 e. The van der Waals surface area contributed by atoms with Crippen LogP contribution in [-0.2, 0) is 6.18 Å². The Morgan fingerprint density at radius 1 is 1.38 bits per heavy atom. The maximum absolute atomic E-state index is 12.9. The smallest absolute Gasteiger partial charge is 0.388 e. The van der Waals surface area contributed by atoms with E-state index in [1.807, 2.05) is 0 Å². The van der Waals surface area contributed by atoms with Gasteiger partial charge in [-0.15, -0.1) is 5.10 Å². The summed E-state index contributed by atoms with van der Waals surface area (Å²) in [5.41, 5.74) is 4.66. The molecule has 0 unspecified atom stereocenters. The lowest BCUT2D eigenvalue weighted by Crippen LogP contribution is -2.13. The van der Waals surface area contributed by atoms with Crippen molar-refractivity contribution in [1.82, 2.24) is 10.2 Å². The summed E-state index contributed by atoms with van der Waals surface area (Å²) in [4.78, 5) is 10.9. The number of halogens is 3. The standard InChI is InChI=1S/C12H13F3N4O2/c13-12(14,15)8-3-2-7(10-18-19-11(20)21-10)6-9(8)17-5-1-4-16/h2-3,6,17H,1,4-5,16H2,(H,19,20). The van der Waals surface area contributed by atoms with Crippen molar-refractivity contribution < 1.29 is 17.6 Å². The van der Waals surface area contributed by atoms with Gasteiger partial charge in [0.2, 0.25) is 5.89 Å². The fourth-order valence-electron chi connectivity index (χ4n) is 1.75. The Morgan fingerprint density at radius 3 is 2.71 bits per heavy atom. The minimum atomic E-state index is -4.49. The second-order valence-corrected chi connectivity index (χ2v) is 4.25. The molecule has 6 nitrogen and oxygen atoms in total. The highest BCUT2D eigenvalue weighted by atomic mass is 19.4. The molecule has 0 amide bonds. The van der Waals surface area contributed by atoms with E-state index < -0.39 is 17.5 Å². The van der Waals surface area contributed by atoms with Crippen LogP contribution in [0.3, 0.4) is 0 Å². The molecule has 0 radical (unpaired) electrons. The zero-order valence-corrected chi connectivity index (χ0v) is 10.8. The van der Waals surface area contributed by atoms with Crippen LogP contribution in [0.15, 0.2) is 27.4 Å². The van der Waals surface area contributed by atoms with Crippen molar-refractivity contribution in [3.63, 3.8) is 0 Å². The van der Waals surface area contributed by atoms with E-state index in [0.717, 1.165) is 6.07 Å². The molecule has 0 spiro atoms. The maximum atomic E-state index is 12.9. The lowest BCUT2D eigenvalue weighted by molar-refractivity contribution is -0.136. The highest BCUT2D eigenvalue weighted by molar-refractivity contribution is 5.65. The Balaban J connectivity index is 2.38. The van der Waals surface area contributed by atoms with E-state index in [-0.39, 0.29) is 17.1 Å². The number of hydrogen-bond acceptors (Lipinski definition) is 5. The summed E-state index contributed by atoms with van der Waals surface area (Å²) in [6, 6.07) is 3.34. The Kier molecular flexibility index (Phi) is 4.32. The van der Waals surface area contributed by atoms with Gasteiger partial charge in [-0.2, -0.15) is 13.2 Å². The van der Waals surface area contributed by atoms with Crippen molar-refractivity contribution in [2.45, 2.75) is 12.6 Å². The van der Waals surface area contributed by atoms with Crippen LogP contribution in [0.25, 0.3) is 11.5 Å². The first-order valence-electron chi connectivity index (χ1n) is 6.13. The van der Waals surface area contributed by atoms with Crippen LogP contribution < -0.4 is 16.8 Å². The Hall–Kier alpha value is -2.29. The summed E-state index contributed by atoms with van der Waals surface area (Å²) in [7, 11) is 0. The van der Waals surface area contributed by atoms with E-state index in [9.17, 15) is 18.0 Å². The number of nitrogens with two attached hydrogens (primary N) is 1. The van der Waals surface area contributed by atoms with Gasteiger partial charge in [0.15, 0.2) is 0 Å². The molecule has 2 aromatic rings. The van der Waals surface area contributed by atoms with E-state index in [1.54, 1.807) is 0 Å². The van der Waals surface area contributed by atoms with Gasteiger partial charge in [-0.25, -0.2) is 9.89 Å². The number of nitrogens with zero attached hydrogens (tertiary/aromatic N) is 1. The molecule has 1 aromatic carbocycles. The number of H-pyrrole nitrogens is 1. The van der Waals surface area contributed by atoms with Crippen molar-refractivity contribution in [3.8, 4) is 11.5 Å². The second kappa shape index (κ2) is 6.00. The molecule has 21 heavy (non-hydrogen) atoms. The third-order valence-corrected chi connectivity index (χ3v) is 2.71. The first-order chi connectivity index (χ1) is 9.91. The van der Waals surface area contributed by atoms with Crippen LogP contribution in [0.5, 0.6) is 0 Å². The quantitative estimate of drug-likeness (QED) is 0.732. The number of rotatable bonds is 5. The molecule has 0 fully saturated rings. The van der Waals surface area contributed by atoms with Crippen molar-refractivity contribution in [1.29, 1.82) is 0 Å². The van der Waals surface area contributed by atoms with Crippen LogP contribution >= 0.6 is 0 Å². The van der Waals surface area contributed by atoms with E-state index >= 15 is 0 Å². The fourth-order valence-corrected chi connectivity index (χ4v) is 1.75. The molecule has 1 aromatic heterocycles. The minimum absolute atomic E-state index is 0.0735. The minimum Gasteiger partial charge on any atom is -0.388 e. The normalized spacial score (nSPS) is 11.6. The van der Waals surface area contributed by atoms with Gasteiger partial charge in [-0.3, -0.25) is 0 Å². The van der Waals surface area contributed by atoms with Crippen molar-refractivity contribution in [2.24, 2.45) is 5.73 Å². The zero-order chi connectivity index (χ0) is 15.5. The number of aromatic nitrogens is 2. The van der Waals surface area contributed by atoms with E-state index in [2.05, 4.69) is 15.5 Å². The molecule has 0 bridgehead atoms. The molecule has 0 aliphatic carbocycles. The Labute approximate surface area is 117 Å². The topological polar surface area (TPSA) is 96.9 Å². The summed E-state index contributed by atoms with van der Waals surface area (Å²) < 4.78 is 43.5. The molecule has 1 heterocycles. The third-order valence-electron chi connectivity index (χ3n) is 2.71. The molecule has 0 saturated heterocycles. The van der Waals surface area contributed by atoms with Gasteiger partial charge in [0, 0.05) is 17.8 Å². The van der Waals surface area contributed by atoms with Gasteiger partial charge in [0.25, 0.3) is 0 Å². The molecule has 2 rings (SSSR count). The van der Waals surface area contributed by atoms with E-state index in [0.29, 0.717) is 19.5 Å². The first-order valence-corrected chi connectivity index (χ1v) is 6.13. The fraction of sp³-hybridized carbons (Fsp3) is 0.333. The number of hydrogen-bond donors (Lipinski definition) is 3. The molecule has 0 saturated carbocycles. The Morgan fingerprint density at radius 2 is 2.14 bits per heavy atom. The first kappa shape index (κ1) is 15.1. The molecular formula is C12H13F3N4O2. The molecular weight excluding hydrogens is 289 g/mol. The summed E-state index contributed by atoms with van der Waals surface area (Å²) in [5, 5.41) is 8.31. The average Bonchev–Trinajstić information content (AvgIpc) is 2.84. The van der Waals surface area contributed by atoms with Crippen LogP contribution in [0.4, 0.5) is 18.9 Å². The van der Waals surface area contributed by atoms with Crippen molar-refractivity contribution in [2.75, 3.05) is 18.4 Å². The van der Waals surface area contributed by atoms with E-state index in [1.165, 1.54) is 12.1 Å². The Bertz CT molecular complexity index is 663. The zero-order valence-electron chi connectivity index (χ0n) is 10.8. The molecule has 0 aliphatic rings. The van der Waals surface area contributed by atoms with E-state index in [4.69, 9.17) is 10.2 Å². The molecule has 9 heteroatoms. The second-order valence-electron chi connectivity index (χ2n) is 4.25. The highest BCUT2D eigenvalue weighted by Gasteiger charge is 2.33. The number of anilines is 1. The third kappa shape index (κ3) is 3.63. The number of aromatic amines is 1. The number of benzene rings is 1. The lowest BCUT2D eigenvalue weighted by Gasteiger charge is -2.15. The van der Waals surface area contributed by atoms with Crippen molar-refractivity contribution >= 4 is 5.69 Å². The summed E-state index contributed by atoms with van der Waals surface area (Å²) in [6.45, 7) is 0.663. The summed E-state index contributed by atoms with van der Waals surface area (Å²) >= 11 is 0. The molecule has 0 aliphatic heterocycles. The predicted molar refractivity (Wildman–Crippen MR) is 69.7 cm³/mol. The van der Waals surface area contributed by atoms with Crippen LogP contribution in [0.2, 0.25) is 0 Å². The van der Waals surface area contributed by atoms with Gasteiger partial charge in [-0.05, 0) is 31.2 Å². The van der Waals surface area contributed by atoms with Gasteiger partial charge in [0.1, 0.15) is 0 Å². The SMILES string of the molecule is NCCCNc1cc(-c2n[nH]c(=O)o2)ccc1C(F)(F)F.